The fraction of sp³-hybridized carbons (Fsp3) is 0.348. The molecule has 0 saturated carbocycles. The van der Waals surface area contributed by atoms with Crippen LogP contribution in [-0.2, 0) is 0 Å². The van der Waals surface area contributed by atoms with Crippen LogP contribution < -0.4 is 19.7 Å². The molecular formula is C23H27N5O4. The first-order chi connectivity index (χ1) is 15.5. The Morgan fingerprint density at radius 1 is 1.03 bits per heavy atom. The van der Waals surface area contributed by atoms with Crippen LogP contribution in [0.15, 0.2) is 40.9 Å². The van der Waals surface area contributed by atoms with Gasteiger partial charge < -0.3 is 29.1 Å². The van der Waals surface area contributed by atoms with Crippen LogP contribution in [-0.4, -0.2) is 61.5 Å². The van der Waals surface area contributed by atoms with Gasteiger partial charge in [-0.05, 0) is 30.7 Å². The van der Waals surface area contributed by atoms with Crippen LogP contribution in [0.3, 0.4) is 0 Å². The third-order valence-electron chi connectivity index (χ3n) is 5.55. The van der Waals surface area contributed by atoms with Gasteiger partial charge in [-0.15, -0.1) is 0 Å². The molecule has 0 spiro atoms. The van der Waals surface area contributed by atoms with E-state index < -0.39 is 0 Å². The van der Waals surface area contributed by atoms with Crippen LogP contribution in [0.25, 0.3) is 11.4 Å². The summed E-state index contributed by atoms with van der Waals surface area (Å²) in [6, 6.07) is 11.3. The van der Waals surface area contributed by atoms with Crippen molar-refractivity contribution in [2.24, 2.45) is 0 Å². The van der Waals surface area contributed by atoms with Crippen molar-refractivity contribution in [2.45, 2.75) is 13.8 Å². The summed E-state index contributed by atoms with van der Waals surface area (Å²) in [7, 11) is 3.16. The lowest BCUT2D eigenvalue weighted by Gasteiger charge is -2.37. The number of piperazine rings is 1. The fourth-order valence-corrected chi connectivity index (χ4v) is 3.75. The first-order valence-corrected chi connectivity index (χ1v) is 10.4. The lowest BCUT2D eigenvalue weighted by molar-refractivity contribution is 0.208. The van der Waals surface area contributed by atoms with Crippen LogP contribution >= 0.6 is 0 Å². The Hall–Kier alpha value is -3.75. The fourth-order valence-electron chi connectivity index (χ4n) is 3.75. The molecule has 0 radical (unpaired) electrons. The Morgan fingerprint density at radius 3 is 2.47 bits per heavy atom. The first kappa shape index (κ1) is 21.5. The van der Waals surface area contributed by atoms with E-state index >= 15 is 0 Å². The number of hydrogen-bond donors (Lipinski definition) is 1. The van der Waals surface area contributed by atoms with Crippen LogP contribution in [0.4, 0.5) is 16.2 Å². The molecule has 0 aliphatic carbocycles. The molecule has 1 aliphatic heterocycles. The topological polar surface area (TPSA) is 93.0 Å². The molecule has 1 saturated heterocycles. The van der Waals surface area contributed by atoms with Crippen LogP contribution in [0.5, 0.6) is 11.5 Å². The minimum absolute atomic E-state index is 0.152. The van der Waals surface area contributed by atoms with Gasteiger partial charge in [-0.2, -0.15) is 4.98 Å². The van der Waals surface area contributed by atoms with E-state index in [0.29, 0.717) is 42.0 Å². The number of methoxy groups -OCH3 is 2. The Bertz CT molecular complexity index is 1110. The molecule has 2 amide bonds. The third kappa shape index (κ3) is 4.46. The minimum atomic E-state index is -0.152. The zero-order valence-electron chi connectivity index (χ0n) is 18.7. The van der Waals surface area contributed by atoms with E-state index in [1.807, 2.05) is 11.0 Å². The summed E-state index contributed by atoms with van der Waals surface area (Å²) >= 11 is 0. The highest BCUT2D eigenvalue weighted by atomic mass is 16.5. The minimum Gasteiger partial charge on any atom is -0.497 e. The predicted molar refractivity (Wildman–Crippen MR) is 122 cm³/mol. The molecule has 1 N–H and O–H groups in total. The predicted octanol–water partition coefficient (Wildman–Crippen LogP) is 3.72. The van der Waals surface area contributed by atoms with Gasteiger partial charge in [0.15, 0.2) is 0 Å². The Labute approximate surface area is 186 Å². The molecule has 0 atom stereocenters. The molecule has 1 aliphatic rings. The Morgan fingerprint density at radius 2 is 1.81 bits per heavy atom. The standard InChI is InChI=1S/C23H27N5O4/c1-15-5-6-17(22-24-16(2)32-26-22)13-20(15)27-9-11-28(12-10-27)23(29)25-19-8-7-18(30-3)14-21(19)31-4/h5-8,13-14H,9-12H2,1-4H3,(H,25,29). The molecule has 4 rings (SSSR count). The smallest absolute Gasteiger partial charge is 0.322 e. The number of ether oxygens (including phenoxy) is 2. The number of aryl methyl sites for hydroxylation is 2. The van der Waals surface area contributed by atoms with Crippen molar-refractivity contribution in [2.75, 3.05) is 50.6 Å². The van der Waals surface area contributed by atoms with Crippen LogP contribution in [0.1, 0.15) is 11.5 Å². The average molecular weight is 438 g/mol. The Balaban J connectivity index is 1.42. The summed E-state index contributed by atoms with van der Waals surface area (Å²) in [5.41, 5.74) is 3.80. The van der Waals surface area contributed by atoms with E-state index in [2.05, 4.69) is 39.4 Å². The molecule has 168 valence electrons. The van der Waals surface area contributed by atoms with Gasteiger partial charge in [0, 0.05) is 50.4 Å². The molecule has 1 fully saturated rings. The van der Waals surface area contributed by atoms with Crippen LogP contribution in [0, 0.1) is 13.8 Å². The molecule has 2 aromatic carbocycles. The second-order valence-corrected chi connectivity index (χ2v) is 7.61. The number of carbonyl (C=O) groups excluding carboxylic acids is 1. The number of benzene rings is 2. The van der Waals surface area contributed by atoms with Gasteiger partial charge in [-0.1, -0.05) is 17.3 Å². The number of carbonyl (C=O) groups is 1. The Kier molecular flexibility index (Phi) is 6.16. The normalized spacial score (nSPS) is 13.8. The molecule has 9 heteroatoms. The molecule has 1 aromatic heterocycles. The molecule has 32 heavy (non-hydrogen) atoms. The number of urea groups is 1. The molecule has 0 bridgehead atoms. The monoisotopic (exact) mass is 437 g/mol. The van der Waals surface area contributed by atoms with Gasteiger partial charge in [-0.25, -0.2) is 4.79 Å². The lowest BCUT2D eigenvalue weighted by atomic mass is 10.1. The highest BCUT2D eigenvalue weighted by molar-refractivity contribution is 5.91. The van der Waals surface area contributed by atoms with Crippen molar-refractivity contribution in [3.05, 3.63) is 47.9 Å². The van der Waals surface area contributed by atoms with Crippen molar-refractivity contribution >= 4 is 17.4 Å². The third-order valence-corrected chi connectivity index (χ3v) is 5.55. The summed E-state index contributed by atoms with van der Waals surface area (Å²) in [4.78, 5) is 21.2. The number of amides is 2. The van der Waals surface area contributed by atoms with E-state index in [1.54, 1.807) is 39.3 Å². The largest absolute Gasteiger partial charge is 0.497 e. The number of nitrogens with zero attached hydrogens (tertiary/aromatic N) is 4. The second-order valence-electron chi connectivity index (χ2n) is 7.61. The first-order valence-electron chi connectivity index (χ1n) is 10.4. The van der Waals surface area contributed by atoms with Crippen molar-refractivity contribution < 1.29 is 18.8 Å². The van der Waals surface area contributed by atoms with Gasteiger partial charge >= 0.3 is 6.03 Å². The highest BCUT2D eigenvalue weighted by Gasteiger charge is 2.23. The van der Waals surface area contributed by atoms with Crippen molar-refractivity contribution in [1.29, 1.82) is 0 Å². The van der Waals surface area contributed by atoms with E-state index in [4.69, 9.17) is 14.0 Å². The maximum absolute atomic E-state index is 12.8. The quantitative estimate of drug-likeness (QED) is 0.650. The average Bonchev–Trinajstić information content (AvgIpc) is 3.26. The van der Waals surface area contributed by atoms with Crippen LogP contribution in [0.2, 0.25) is 0 Å². The zero-order valence-corrected chi connectivity index (χ0v) is 18.7. The molecular weight excluding hydrogens is 410 g/mol. The summed E-state index contributed by atoms with van der Waals surface area (Å²) in [6.45, 7) is 6.52. The number of anilines is 2. The highest BCUT2D eigenvalue weighted by Crippen LogP contribution is 2.30. The maximum Gasteiger partial charge on any atom is 0.322 e. The number of aromatic nitrogens is 2. The van der Waals surface area contributed by atoms with Gasteiger partial charge in [0.1, 0.15) is 11.5 Å². The molecule has 9 nitrogen and oxygen atoms in total. The molecule has 0 unspecified atom stereocenters. The number of nitrogens with one attached hydrogen (secondary N) is 1. The van der Waals surface area contributed by atoms with E-state index in [1.165, 1.54) is 0 Å². The number of rotatable bonds is 5. The van der Waals surface area contributed by atoms with Crippen molar-refractivity contribution in [3.63, 3.8) is 0 Å². The second kappa shape index (κ2) is 9.17. The van der Waals surface area contributed by atoms with Crippen molar-refractivity contribution in [1.82, 2.24) is 15.0 Å². The maximum atomic E-state index is 12.8. The SMILES string of the molecule is COc1ccc(NC(=O)N2CCN(c3cc(-c4noc(C)n4)ccc3C)CC2)c(OC)c1. The zero-order chi connectivity index (χ0) is 22.7. The van der Waals surface area contributed by atoms with Gasteiger partial charge in [0.05, 0.1) is 19.9 Å². The number of hydrogen-bond acceptors (Lipinski definition) is 7. The summed E-state index contributed by atoms with van der Waals surface area (Å²) < 4.78 is 15.7. The molecule has 3 aromatic rings. The lowest BCUT2D eigenvalue weighted by Crippen LogP contribution is -2.50. The van der Waals surface area contributed by atoms with Gasteiger partial charge in [0.25, 0.3) is 0 Å². The molecule has 2 heterocycles. The van der Waals surface area contributed by atoms with E-state index in [-0.39, 0.29) is 6.03 Å². The summed E-state index contributed by atoms with van der Waals surface area (Å²) in [5.74, 6) is 2.34. The summed E-state index contributed by atoms with van der Waals surface area (Å²) in [6.07, 6.45) is 0. The van der Waals surface area contributed by atoms with E-state index in [0.717, 1.165) is 29.9 Å². The van der Waals surface area contributed by atoms with Gasteiger partial charge in [-0.3, -0.25) is 0 Å². The van der Waals surface area contributed by atoms with Gasteiger partial charge in [0.2, 0.25) is 11.7 Å². The van der Waals surface area contributed by atoms with Crippen molar-refractivity contribution in [3.8, 4) is 22.9 Å². The summed E-state index contributed by atoms with van der Waals surface area (Å²) in [5, 5.41) is 6.96. The van der Waals surface area contributed by atoms with E-state index in [9.17, 15) is 4.79 Å².